The van der Waals surface area contributed by atoms with Crippen LogP contribution in [0.3, 0.4) is 0 Å². The number of thioether (sulfide) groups is 1. The minimum absolute atomic E-state index is 1.03. The highest BCUT2D eigenvalue weighted by Crippen LogP contribution is 2.59. The molecule has 0 bridgehead atoms. The van der Waals surface area contributed by atoms with E-state index in [0.29, 0.717) is 0 Å². The van der Waals surface area contributed by atoms with E-state index < -0.39 is 40.0 Å². The summed E-state index contributed by atoms with van der Waals surface area (Å²) in [7, 11) is 0. The number of rotatable bonds is 0. The molecular formula is C5H3F7N2OS. The number of alkyl halides is 7. The molecule has 3 N–H and O–H groups in total. The number of hydrogen-bond acceptors (Lipinski definition) is 4. The lowest BCUT2D eigenvalue weighted by atomic mass is 10.1. The maximum absolute atomic E-state index is 13.3. The molecule has 2 atom stereocenters. The second-order valence-corrected chi connectivity index (χ2v) is 4.00. The largest absolute Gasteiger partial charge is 0.443 e. The van der Waals surface area contributed by atoms with Crippen molar-refractivity contribution in [2.45, 2.75) is 23.1 Å². The molecule has 0 spiro atoms. The van der Waals surface area contributed by atoms with Crippen LogP contribution in [0, 0.1) is 0 Å². The van der Waals surface area contributed by atoms with Crippen LogP contribution in [0.5, 0.6) is 0 Å². The molecule has 0 saturated carbocycles. The number of nitrogens with two attached hydrogens (primary N) is 1. The average molecular weight is 272 g/mol. The van der Waals surface area contributed by atoms with Crippen LogP contribution in [-0.2, 0) is 0 Å². The quantitative estimate of drug-likeness (QED) is 0.657. The Kier molecular flexibility index (Phi) is 2.63. The Balaban J connectivity index is 3.36. The van der Waals surface area contributed by atoms with Gasteiger partial charge in [0.2, 0.25) is 0 Å². The standard InChI is InChI=1S/C5H3F7N2OS/c6-2(4(7,8)9)3(15,5(10,11)12)14-1(13)16-2/h15H,(H2,13,14). The number of nitrogens with zero attached hydrogens (tertiary/aromatic N) is 1. The highest BCUT2D eigenvalue weighted by atomic mass is 32.2. The summed E-state index contributed by atoms with van der Waals surface area (Å²) in [6, 6.07) is 0. The molecule has 94 valence electrons. The Morgan fingerprint density at radius 2 is 1.56 bits per heavy atom. The molecular weight excluding hydrogens is 269 g/mol. The Morgan fingerprint density at radius 1 is 1.12 bits per heavy atom. The fraction of sp³-hybridized carbons (Fsp3) is 0.800. The van der Waals surface area contributed by atoms with Gasteiger partial charge < -0.3 is 10.8 Å². The van der Waals surface area contributed by atoms with Gasteiger partial charge in [-0.2, -0.15) is 26.3 Å². The van der Waals surface area contributed by atoms with Crippen molar-refractivity contribution in [2.75, 3.05) is 0 Å². The maximum atomic E-state index is 13.3. The van der Waals surface area contributed by atoms with Gasteiger partial charge in [-0.3, -0.25) is 0 Å². The maximum Gasteiger partial charge on any atom is 0.443 e. The zero-order chi connectivity index (χ0) is 13.0. The molecule has 0 aromatic carbocycles. The number of hydrogen-bond donors (Lipinski definition) is 2. The first-order chi connectivity index (χ1) is 6.85. The van der Waals surface area contributed by atoms with E-state index in [1.165, 1.54) is 0 Å². The van der Waals surface area contributed by atoms with Gasteiger partial charge in [0.05, 0.1) is 0 Å². The van der Waals surface area contributed by atoms with Gasteiger partial charge >= 0.3 is 23.1 Å². The van der Waals surface area contributed by atoms with Gasteiger partial charge in [-0.15, -0.1) is 0 Å². The van der Waals surface area contributed by atoms with Crippen LogP contribution in [0.4, 0.5) is 30.7 Å². The molecule has 3 nitrogen and oxygen atoms in total. The predicted octanol–water partition coefficient (Wildman–Crippen LogP) is 1.53. The number of halogens is 7. The summed E-state index contributed by atoms with van der Waals surface area (Å²) in [5.74, 6) is 0. The van der Waals surface area contributed by atoms with Gasteiger partial charge in [0.15, 0.2) is 5.17 Å². The van der Waals surface area contributed by atoms with Crippen LogP contribution in [0.15, 0.2) is 4.99 Å². The third-order valence-electron chi connectivity index (χ3n) is 1.73. The van der Waals surface area contributed by atoms with Crippen LogP contribution >= 0.6 is 11.8 Å². The lowest BCUT2D eigenvalue weighted by Gasteiger charge is -2.34. The molecule has 1 aliphatic rings. The summed E-state index contributed by atoms with van der Waals surface area (Å²) in [5.41, 5.74) is -0.331. The molecule has 0 aliphatic carbocycles. The summed E-state index contributed by atoms with van der Waals surface area (Å²) in [6.45, 7) is 0. The van der Waals surface area contributed by atoms with Crippen molar-refractivity contribution in [3.8, 4) is 0 Å². The highest BCUT2D eigenvalue weighted by Gasteiger charge is 2.82. The van der Waals surface area contributed by atoms with E-state index in [0.717, 1.165) is 0 Å². The summed E-state index contributed by atoms with van der Waals surface area (Å²) in [6.07, 6.45) is -11.9. The second kappa shape index (κ2) is 3.15. The van der Waals surface area contributed by atoms with Crippen molar-refractivity contribution < 1.29 is 35.8 Å². The number of aliphatic hydroxyl groups is 1. The molecule has 1 aliphatic heterocycles. The Labute approximate surface area is 87.5 Å². The fourth-order valence-corrected chi connectivity index (χ4v) is 1.86. The van der Waals surface area contributed by atoms with E-state index in [2.05, 4.69) is 10.7 Å². The van der Waals surface area contributed by atoms with Crippen molar-refractivity contribution in [1.29, 1.82) is 0 Å². The Hall–Kier alpha value is -0.710. The summed E-state index contributed by atoms with van der Waals surface area (Å²) in [4.78, 5) is 2.10. The van der Waals surface area contributed by atoms with Crippen LogP contribution in [0.2, 0.25) is 0 Å². The van der Waals surface area contributed by atoms with Crippen molar-refractivity contribution in [3.63, 3.8) is 0 Å². The van der Waals surface area contributed by atoms with Crippen LogP contribution in [0.25, 0.3) is 0 Å². The summed E-state index contributed by atoms with van der Waals surface area (Å²) < 4.78 is 86.3. The smallest absolute Gasteiger partial charge is 0.378 e. The summed E-state index contributed by atoms with van der Waals surface area (Å²) >= 11 is -1.03. The third kappa shape index (κ3) is 1.52. The molecule has 0 aromatic heterocycles. The number of aliphatic imine (C=N–C) groups is 1. The minimum atomic E-state index is -5.98. The predicted molar refractivity (Wildman–Crippen MR) is 40.1 cm³/mol. The van der Waals surface area contributed by atoms with E-state index >= 15 is 0 Å². The average Bonchev–Trinajstić information content (AvgIpc) is 2.21. The van der Waals surface area contributed by atoms with Gasteiger partial charge in [0, 0.05) is 0 Å². The zero-order valence-electron chi connectivity index (χ0n) is 7.03. The molecule has 0 radical (unpaired) electrons. The van der Waals surface area contributed by atoms with Gasteiger partial charge in [0.1, 0.15) is 0 Å². The van der Waals surface area contributed by atoms with E-state index in [-0.39, 0.29) is 0 Å². The molecule has 0 aromatic rings. The monoisotopic (exact) mass is 272 g/mol. The van der Waals surface area contributed by atoms with E-state index in [9.17, 15) is 30.7 Å². The first-order valence-corrected chi connectivity index (χ1v) is 4.26. The lowest BCUT2D eigenvalue weighted by Crippen LogP contribution is -2.62. The second-order valence-electron chi connectivity index (χ2n) is 2.82. The molecule has 2 unspecified atom stereocenters. The molecule has 16 heavy (non-hydrogen) atoms. The molecule has 1 heterocycles. The van der Waals surface area contributed by atoms with Crippen molar-refractivity contribution in [3.05, 3.63) is 0 Å². The first-order valence-electron chi connectivity index (χ1n) is 3.44. The van der Waals surface area contributed by atoms with Crippen molar-refractivity contribution >= 4 is 16.9 Å². The van der Waals surface area contributed by atoms with Crippen molar-refractivity contribution in [1.82, 2.24) is 0 Å². The van der Waals surface area contributed by atoms with Crippen LogP contribution in [0.1, 0.15) is 0 Å². The molecule has 0 saturated heterocycles. The Bertz CT molecular complexity index is 339. The van der Waals surface area contributed by atoms with Gasteiger partial charge in [0.25, 0.3) is 0 Å². The first kappa shape index (κ1) is 13.4. The summed E-state index contributed by atoms with van der Waals surface area (Å²) in [5, 5.41) is 2.37. The third-order valence-corrected chi connectivity index (χ3v) is 2.82. The van der Waals surface area contributed by atoms with E-state index in [4.69, 9.17) is 5.11 Å². The number of amidine groups is 1. The fourth-order valence-electron chi connectivity index (χ4n) is 0.971. The SMILES string of the molecule is NC1=NC(O)(C(F)(F)F)C(F)(C(F)(F)F)S1. The van der Waals surface area contributed by atoms with Gasteiger partial charge in [-0.1, -0.05) is 0 Å². The normalized spacial score (nSPS) is 36.4. The molecule has 1 rings (SSSR count). The molecule has 0 amide bonds. The van der Waals surface area contributed by atoms with E-state index in [1.54, 1.807) is 0 Å². The van der Waals surface area contributed by atoms with Crippen LogP contribution < -0.4 is 5.73 Å². The minimum Gasteiger partial charge on any atom is -0.378 e. The van der Waals surface area contributed by atoms with E-state index in [1.807, 2.05) is 0 Å². The van der Waals surface area contributed by atoms with Crippen molar-refractivity contribution in [2.24, 2.45) is 10.7 Å². The molecule has 0 fully saturated rings. The highest BCUT2D eigenvalue weighted by molar-refractivity contribution is 8.15. The topological polar surface area (TPSA) is 58.6 Å². The van der Waals surface area contributed by atoms with Gasteiger partial charge in [-0.25, -0.2) is 9.38 Å². The van der Waals surface area contributed by atoms with Gasteiger partial charge in [-0.05, 0) is 11.8 Å². The molecule has 11 heteroatoms. The van der Waals surface area contributed by atoms with Crippen LogP contribution in [-0.4, -0.2) is 33.4 Å². The Morgan fingerprint density at radius 3 is 1.81 bits per heavy atom. The lowest BCUT2D eigenvalue weighted by molar-refractivity contribution is -0.332. The zero-order valence-corrected chi connectivity index (χ0v) is 7.84.